The fraction of sp³-hybridized carbons (Fsp3) is 0.857. The molecule has 0 heterocycles. The van der Waals surface area contributed by atoms with Gasteiger partial charge in [0, 0.05) is 46.8 Å². The van der Waals surface area contributed by atoms with Crippen molar-refractivity contribution < 1.29 is 14.3 Å². The summed E-state index contributed by atoms with van der Waals surface area (Å²) < 4.78 is 10.3. The largest absolute Gasteiger partial charge is 0.382 e. The first-order valence-corrected chi connectivity index (χ1v) is 7.52. The van der Waals surface area contributed by atoms with E-state index in [9.17, 15) is 4.79 Å². The number of hydrogen-bond donors (Lipinski definition) is 3. The standard InChI is InChI=1S/C14H30N4O3/c1-4-7-16-13(19)6-9-18-14(15-2)17-8-5-10-21-12-11-20-3/h4-12H2,1-3H3,(H,16,19)(H2,15,17,18). The first kappa shape index (κ1) is 19.7. The Hall–Kier alpha value is -1.34. The van der Waals surface area contributed by atoms with Crippen LogP contribution in [0, 0.1) is 0 Å². The van der Waals surface area contributed by atoms with Crippen molar-refractivity contribution in [3.8, 4) is 0 Å². The number of carbonyl (C=O) groups is 1. The number of ether oxygens (including phenoxy) is 2. The summed E-state index contributed by atoms with van der Waals surface area (Å²) in [6.45, 7) is 6.03. The Morgan fingerprint density at radius 3 is 2.48 bits per heavy atom. The second-order valence-corrected chi connectivity index (χ2v) is 4.48. The van der Waals surface area contributed by atoms with E-state index in [1.165, 1.54) is 0 Å². The Morgan fingerprint density at radius 1 is 1.05 bits per heavy atom. The minimum absolute atomic E-state index is 0.0614. The fourth-order valence-corrected chi connectivity index (χ4v) is 1.49. The molecule has 0 unspecified atom stereocenters. The van der Waals surface area contributed by atoms with Gasteiger partial charge < -0.3 is 25.4 Å². The molecule has 1 amide bonds. The van der Waals surface area contributed by atoms with Crippen LogP contribution in [0.15, 0.2) is 4.99 Å². The summed E-state index contributed by atoms with van der Waals surface area (Å²) in [5.74, 6) is 0.765. The molecule has 0 bridgehead atoms. The molecule has 0 aromatic rings. The molecule has 0 fully saturated rings. The number of guanidine groups is 1. The summed E-state index contributed by atoms with van der Waals surface area (Å²) in [6.07, 6.45) is 2.29. The Balaban J connectivity index is 3.52. The van der Waals surface area contributed by atoms with Crippen molar-refractivity contribution in [1.82, 2.24) is 16.0 Å². The number of rotatable bonds is 12. The van der Waals surface area contributed by atoms with E-state index in [-0.39, 0.29) is 5.91 Å². The van der Waals surface area contributed by atoms with Crippen LogP contribution >= 0.6 is 0 Å². The highest BCUT2D eigenvalue weighted by atomic mass is 16.5. The highest BCUT2D eigenvalue weighted by Gasteiger charge is 2.01. The minimum atomic E-state index is 0.0614. The highest BCUT2D eigenvalue weighted by molar-refractivity contribution is 5.81. The van der Waals surface area contributed by atoms with Crippen LogP contribution in [0.4, 0.5) is 0 Å². The van der Waals surface area contributed by atoms with E-state index < -0.39 is 0 Å². The first-order chi connectivity index (χ1) is 10.2. The third-order valence-electron chi connectivity index (χ3n) is 2.63. The van der Waals surface area contributed by atoms with Crippen molar-refractivity contribution in [3.05, 3.63) is 0 Å². The molecule has 0 aliphatic heterocycles. The number of aliphatic imine (C=N–C) groups is 1. The highest BCUT2D eigenvalue weighted by Crippen LogP contribution is 1.83. The minimum Gasteiger partial charge on any atom is -0.382 e. The molecule has 0 atom stereocenters. The van der Waals surface area contributed by atoms with Gasteiger partial charge in [-0.25, -0.2) is 0 Å². The molecule has 0 rings (SSSR count). The Labute approximate surface area is 127 Å². The lowest BCUT2D eigenvalue weighted by atomic mass is 10.4. The summed E-state index contributed by atoms with van der Waals surface area (Å²) >= 11 is 0. The van der Waals surface area contributed by atoms with Crippen molar-refractivity contribution in [3.63, 3.8) is 0 Å². The zero-order valence-electron chi connectivity index (χ0n) is 13.5. The molecule has 0 spiro atoms. The zero-order chi connectivity index (χ0) is 15.8. The lowest BCUT2D eigenvalue weighted by Gasteiger charge is -2.12. The molecule has 0 aliphatic carbocycles. The van der Waals surface area contributed by atoms with E-state index in [2.05, 4.69) is 20.9 Å². The van der Waals surface area contributed by atoms with Gasteiger partial charge >= 0.3 is 0 Å². The van der Waals surface area contributed by atoms with Crippen LogP contribution in [0.2, 0.25) is 0 Å². The van der Waals surface area contributed by atoms with E-state index in [1.807, 2.05) is 6.92 Å². The van der Waals surface area contributed by atoms with Gasteiger partial charge in [-0.15, -0.1) is 0 Å². The van der Waals surface area contributed by atoms with Crippen molar-refractivity contribution >= 4 is 11.9 Å². The Morgan fingerprint density at radius 2 is 1.81 bits per heavy atom. The van der Waals surface area contributed by atoms with Crippen LogP contribution in [0.1, 0.15) is 26.2 Å². The lowest BCUT2D eigenvalue weighted by Crippen LogP contribution is -2.40. The van der Waals surface area contributed by atoms with Gasteiger partial charge in [-0.05, 0) is 12.8 Å². The SMILES string of the molecule is CCCNC(=O)CCNC(=NC)NCCCOCCOC. The number of carbonyl (C=O) groups excluding carboxylic acids is 1. The maximum absolute atomic E-state index is 11.4. The molecule has 0 saturated heterocycles. The van der Waals surface area contributed by atoms with Crippen LogP contribution in [0.5, 0.6) is 0 Å². The van der Waals surface area contributed by atoms with Crippen molar-refractivity contribution in [2.75, 3.05) is 53.6 Å². The molecule has 0 aromatic heterocycles. The van der Waals surface area contributed by atoms with Gasteiger partial charge in [0.15, 0.2) is 5.96 Å². The Bertz CT molecular complexity index is 285. The third kappa shape index (κ3) is 13.4. The summed E-state index contributed by atoms with van der Waals surface area (Å²) in [6, 6.07) is 0. The van der Waals surface area contributed by atoms with Crippen molar-refractivity contribution in [1.29, 1.82) is 0 Å². The maximum atomic E-state index is 11.4. The number of nitrogens with one attached hydrogen (secondary N) is 3. The van der Waals surface area contributed by atoms with Crippen LogP contribution in [-0.2, 0) is 14.3 Å². The van der Waals surface area contributed by atoms with Crippen molar-refractivity contribution in [2.45, 2.75) is 26.2 Å². The third-order valence-corrected chi connectivity index (χ3v) is 2.63. The van der Waals surface area contributed by atoms with E-state index in [0.717, 1.165) is 25.9 Å². The second kappa shape index (κ2) is 15.1. The Kier molecular flexibility index (Phi) is 14.1. The predicted molar refractivity (Wildman–Crippen MR) is 84.6 cm³/mol. The number of methoxy groups -OCH3 is 1. The van der Waals surface area contributed by atoms with E-state index in [4.69, 9.17) is 9.47 Å². The number of nitrogens with zero attached hydrogens (tertiary/aromatic N) is 1. The molecule has 0 aromatic carbocycles. The molecule has 124 valence electrons. The molecular weight excluding hydrogens is 272 g/mol. The molecular formula is C14H30N4O3. The number of amides is 1. The van der Waals surface area contributed by atoms with E-state index in [1.54, 1.807) is 14.2 Å². The average molecular weight is 302 g/mol. The molecule has 7 nitrogen and oxygen atoms in total. The summed E-state index contributed by atoms with van der Waals surface area (Å²) in [4.78, 5) is 15.5. The van der Waals surface area contributed by atoms with Crippen LogP contribution in [-0.4, -0.2) is 65.5 Å². The molecule has 21 heavy (non-hydrogen) atoms. The smallest absolute Gasteiger partial charge is 0.221 e. The molecule has 0 aliphatic rings. The van der Waals surface area contributed by atoms with Gasteiger partial charge in [0.25, 0.3) is 0 Å². The van der Waals surface area contributed by atoms with Crippen LogP contribution in [0.25, 0.3) is 0 Å². The van der Waals surface area contributed by atoms with Crippen LogP contribution in [0.3, 0.4) is 0 Å². The quantitative estimate of drug-likeness (QED) is 0.271. The van der Waals surface area contributed by atoms with Crippen LogP contribution < -0.4 is 16.0 Å². The summed E-state index contributed by atoms with van der Waals surface area (Å²) in [5.41, 5.74) is 0. The first-order valence-electron chi connectivity index (χ1n) is 7.52. The lowest BCUT2D eigenvalue weighted by molar-refractivity contribution is -0.120. The number of hydrogen-bond acceptors (Lipinski definition) is 4. The molecule has 3 N–H and O–H groups in total. The maximum Gasteiger partial charge on any atom is 0.221 e. The predicted octanol–water partition coefficient (Wildman–Crippen LogP) is 0.121. The average Bonchev–Trinajstić information content (AvgIpc) is 2.50. The fourth-order valence-electron chi connectivity index (χ4n) is 1.49. The van der Waals surface area contributed by atoms with Gasteiger partial charge in [-0.3, -0.25) is 9.79 Å². The molecule has 0 radical (unpaired) electrons. The van der Waals surface area contributed by atoms with Gasteiger partial charge in [0.2, 0.25) is 5.91 Å². The summed E-state index contributed by atoms with van der Waals surface area (Å²) in [5, 5.41) is 9.11. The molecule has 7 heteroatoms. The zero-order valence-corrected chi connectivity index (χ0v) is 13.5. The topological polar surface area (TPSA) is 84.0 Å². The normalized spacial score (nSPS) is 11.3. The molecule has 0 saturated carbocycles. The van der Waals surface area contributed by atoms with Gasteiger partial charge in [0.1, 0.15) is 0 Å². The van der Waals surface area contributed by atoms with Crippen molar-refractivity contribution in [2.24, 2.45) is 4.99 Å². The monoisotopic (exact) mass is 302 g/mol. The van der Waals surface area contributed by atoms with Gasteiger partial charge in [0.05, 0.1) is 13.2 Å². The van der Waals surface area contributed by atoms with Gasteiger partial charge in [-0.2, -0.15) is 0 Å². The summed E-state index contributed by atoms with van der Waals surface area (Å²) in [7, 11) is 3.37. The second-order valence-electron chi connectivity index (χ2n) is 4.48. The van der Waals surface area contributed by atoms with E-state index in [0.29, 0.717) is 38.7 Å². The van der Waals surface area contributed by atoms with Gasteiger partial charge in [-0.1, -0.05) is 6.92 Å². The van der Waals surface area contributed by atoms with E-state index >= 15 is 0 Å².